The second kappa shape index (κ2) is 53.8. The van der Waals surface area contributed by atoms with Gasteiger partial charge in [0.1, 0.15) is 13.2 Å². The van der Waals surface area contributed by atoms with Crippen molar-refractivity contribution in [1.29, 1.82) is 0 Å². The summed E-state index contributed by atoms with van der Waals surface area (Å²) in [6, 6.07) is 0. The van der Waals surface area contributed by atoms with E-state index in [4.69, 9.17) is 14.2 Å². The van der Waals surface area contributed by atoms with E-state index in [1.54, 1.807) is 0 Å². The van der Waals surface area contributed by atoms with Gasteiger partial charge in [-0.3, -0.25) is 14.4 Å². The van der Waals surface area contributed by atoms with Gasteiger partial charge in [0.25, 0.3) is 0 Å². The molecular formula is C61H118O6. The van der Waals surface area contributed by atoms with E-state index in [0.717, 1.165) is 69.6 Å². The molecule has 398 valence electrons. The lowest BCUT2D eigenvalue weighted by atomic mass is 9.99. The molecule has 0 spiro atoms. The van der Waals surface area contributed by atoms with Crippen LogP contribution in [-0.2, 0) is 28.6 Å². The molecule has 0 aliphatic carbocycles. The minimum atomic E-state index is -0.763. The van der Waals surface area contributed by atoms with E-state index in [9.17, 15) is 14.4 Å². The van der Waals surface area contributed by atoms with Crippen LogP contribution in [0.5, 0.6) is 0 Å². The minimum absolute atomic E-state index is 0.0628. The van der Waals surface area contributed by atoms with Gasteiger partial charge in [-0.15, -0.1) is 0 Å². The summed E-state index contributed by atoms with van der Waals surface area (Å²) >= 11 is 0. The van der Waals surface area contributed by atoms with Crippen molar-refractivity contribution in [2.45, 2.75) is 349 Å². The fourth-order valence-electron chi connectivity index (χ4n) is 9.34. The molecule has 0 radical (unpaired) electrons. The lowest BCUT2D eigenvalue weighted by molar-refractivity contribution is -0.167. The number of rotatable bonds is 55. The van der Waals surface area contributed by atoms with Crippen LogP contribution < -0.4 is 0 Å². The Morgan fingerprint density at radius 3 is 0.776 bits per heavy atom. The van der Waals surface area contributed by atoms with Gasteiger partial charge in [0.05, 0.1) is 0 Å². The first-order valence-electron chi connectivity index (χ1n) is 30.3. The Labute approximate surface area is 418 Å². The maximum Gasteiger partial charge on any atom is 0.306 e. The zero-order chi connectivity index (χ0) is 48.9. The van der Waals surface area contributed by atoms with E-state index in [0.29, 0.717) is 19.3 Å². The standard InChI is InChI=1S/C61H118O6/c1-6-9-10-11-12-13-14-15-16-17-18-19-20-24-27-30-36-41-46-51-59(62)65-54-58(55-66-60(63)52-47-42-37-33-32-35-40-45-50-57(5)8-3)67-61(64)53-48-43-38-31-28-25-22-21-23-26-29-34-39-44-49-56(4)7-2/h56-58H,6-55H2,1-5H3/t56?,57?,58-/m1/s1. The molecule has 67 heavy (non-hydrogen) atoms. The van der Waals surface area contributed by atoms with E-state index in [1.165, 1.54) is 231 Å². The summed E-state index contributed by atoms with van der Waals surface area (Å²) < 4.78 is 16.9. The van der Waals surface area contributed by atoms with Crippen LogP contribution >= 0.6 is 0 Å². The Kier molecular flexibility index (Phi) is 52.5. The highest BCUT2D eigenvalue weighted by atomic mass is 16.6. The van der Waals surface area contributed by atoms with Crippen molar-refractivity contribution in [1.82, 2.24) is 0 Å². The van der Waals surface area contributed by atoms with Gasteiger partial charge in [-0.05, 0) is 31.1 Å². The van der Waals surface area contributed by atoms with E-state index >= 15 is 0 Å². The molecule has 0 rings (SSSR count). The third-order valence-corrected chi connectivity index (χ3v) is 14.7. The normalized spacial score (nSPS) is 12.9. The quantitative estimate of drug-likeness (QED) is 0.0343. The van der Waals surface area contributed by atoms with Crippen molar-refractivity contribution in [3.05, 3.63) is 0 Å². The molecule has 0 aromatic heterocycles. The molecule has 2 unspecified atom stereocenters. The molecule has 6 nitrogen and oxygen atoms in total. The number of hydrogen-bond acceptors (Lipinski definition) is 6. The highest BCUT2D eigenvalue weighted by molar-refractivity contribution is 5.71. The zero-order valence-electron chi connectivity index (χ0n) is 46.0. The van der Waals surface area contributed by atoms with Gasteiger partial charge in [0, 0.05) is 19.3 Å². The largest absolute Gasteiger partial charge is 0.462 e. The number of ether oxygens (including phenoxy) is 3. The number of esters is 3. The minimum Gasteiger partial charge on any atom is -0.462 e. The van der Waals surface area contributed by atoms with Gasteiger partial charge in [0.2, 0.25) is 0 Å². The summed E-state index contributed by atoms with van der Waals surface area (Å²) in [5, 5.41) is 0. The average Bonchev–Trinajstić information content (AvgIpc) is 3.33. The second-order valence-corrected chi connectivity index (χ2v) is 21.5. The predicted molar refractivity (Wildman–Crippen MR) is 289 cm³/mol. The Hall–Kier alpha value is -1.59. The van der Waals surface area contributed by atoms with E-state index in [1.807, 2.05) is 0 Å². The topological polar surface area (TPSA) is 78.9 Å². The molecular weight excluding hydrogens is 829 g/mol. The van der Waals surface area contributed by atoms with Crippen LogP contribution in [0.25, 0.3) is 0 Å². The Balaban J connectivity index is 4.27. The predicted octanol–water partition coefficient (Wildman–Crippen LogP) is 20.0. The molecule has 0 fully saturated rings. The molecule has 0 amide bonds. The number of carbonyl (C=O) groups excluding carboxylic acids is 3. The number of hydrogen-bond donors (Lipinski definition) is 0. The fourth-order valence-corrected chi connectivity index (χ4v) is 9.34. The van der Waals surface area contributed by atoms with Crippen LogP contribution in [-0.4, -0.2) is 37.2 Å². The van der Waals surface area contributed by atoms with E-state index in [2.05, 4.69) is 34.6 Å². The summed E-state index contributed by atoms with van der Waals surface area (Å²) in [5.41, 5.74) is 0. The molecule has 0 aliphatic heterocycles. The van der Waals surface area contributed by atoms with Crippen molar-refractivity contribution in [3.63, 3.8) is 0 Å². The lowest BCUT2D eigenvalue weighted by Crippen LogP contribution is -2.30. The SMILES string of the molecule is CCCCCCCCCCCCCCCCCCCCCC(=O)OC[C@H](COC(=O)CCCCCCCCCCC(C)CC)OC(=O)CCCCCCCCCCCCCCCCC(C)CC. The first-order valence-corrected chi connectivity index (χ1v) is 30.3. The molecule has 0 aliphatic rings. The molecule has 3 atom stereocenters. The van der Waals surface area contributed by atoms with Gasteiger partial charge in [-0.2, -0.15) is 0 Å². The molecule has 0 aromatic carbocycles. The zero-order valence-corrected chi connectivity index (χ0v) is 46.0. The smallest absolute Gasteiger partial charge is 0.306 e. The molecule has 0 saturated carbocycles. The third-order valence-electron chi connectivity index (χ3n) is 14.7. The van der Waals surface area contributed by atoms with Crippen molar-refractivity contribution < 1.29 is 28.6 Å². The molecule has 6 heteroatoms. The number of unbranched alkanes of at least 4 members (excludes halogenated alkanes) is 38. The Morgan fingerprint density at radius 2 is 0.522 bits per heavy atom. The monoisotopic (exact) mass is 947 g/mol. The highest BCUT2D eigenvalue weighted by Gasteiger charge is 2.19. The average molecular weight is 948 g/mol. The van der Waals surface area contributed by atoms with Crippen LogP contribution in [0.1, 0.15) is 343 Å². The molecule has 0 N–H and O–H groups in total. The van der Waals surface area contributed by atoms with Crippen LogP contribution in [0, 0.1) is 11.8 Å². The first-order chi connectivity index (χ1) is 32.8. The maximum atomic E-state index is 12.9. The summed E-state index contributed by atoms with van der Waals surface area (Å²) in [6.45, 7) is 11.5. The number of carbonyl (C=O) groups is 3. The second-order valence-electron chi connectivity index (χ2n) is 21.5. The van der Waals surface area contributed by atoms with Gasteiger partial charge in [-0.1, -0.05) is 304 Å². The van der Waals surface area contributed by atoms with Crippen LogP contribution in [0.3, 0.4) is 0 Å². The summed E-state index contributed by atoms with van der Waals surface area (Å²) in [5.74, 6) is 0.903. The summed E-state index contributed by atoms with van der Waals surface area (Å²) in [6.07, 6.45) is 58.0. The van der Waals surface area contributed by atoms with Crippen molar-refractivity contribution in [2.75, 3.05) is 13.2 Å². The highest BCUT2D eigenvalue weighted by Crippen LogP contribution is 2.19. The summed E-state index contributed by atoms with van der Waals surface area (Å²) in [7, 11) is 0. The van der Waals surface area contributed by atoms with E-state index < -0.39 is 6.10 Å². The Morgan fingerprint density at radius 1 is 0.299 bits per heavy atom. The maximum absolute atomic E-state index is 12.9. The van der Waals surface area contributed by atoms with Crippen molar-refractivity contribution in [2.24, 2.45) is 11.8 Å². The molecule has 0 heterocycles. The van der Waals surface area contributed by atoms with Crippen molar-refractivity contribution >= 4 is 17.9 Å². The van der Waals surface area contributed by atoms with Crippen LogP contribution in [0.2, 0.25) is 0 Å². The van der Waals surface area contributed by atoms with E-state index in [-0.39, 0.29) is 31.1 Å². The van der Waals surface area contributed by atoms with Crippen molar-refractivity contribution in [3.8, 4) is 0 Å². The fraction of sp³-hybridized carbons (Fsp3) is 0.951. The van der Waals surface area contributed by atoms with Crippen LogP contribution in [0.4, 0.5) is 0 Å². The molecule has 0 saturated heterocycles. The third kappa shape index (κ3) is 52.1. The lowest BCUT2D eigenvalue weighted by Gasteiger charge is -2.18. The molecule has 0 bridgehead atoms. The van der Waals surface area contributed by atoms with Gasteiger partial charge in [-0.25, -0.2) is 0 Å². The van der Waals surface area contributed by atoms with Gasteiger partial charge < -0.3 is 14.2 Å². The molecule has 0 aromatic rings. The van der Waals surface area contributed by atoms with Crippen LogP contribution in [0.15, 0.2) is 0 Å². The van der Waals surface area contributed by atoms with Gasteiger partial charge >= 0.3 is 17.9 Å². The van der Waals surface area contributed by atoms with Gasteiger partial charge in [0.15, 0.2) is 6.10 Å². The first kappa shape index (κ1) is 65.4. The summed E-state index contributed by atoms with van der Waals surface area (Å²) in [4.78, 5) is 38.2. The Bertz CT molecular complexity index is 1030.